The molecule has 1 N–H and O–H groups in total. The van der Waals surface area contributed by atoms with Gasteiger partial charge in [-0.25, -0.2) is 5.10 Å². The van der Waals surface area contributed by atoms with Crippen molar-refractivity contribution in [2.24, 2.45) is 0 Å². The summed E-state index contributed by atoms with van der Waals surface area (Å²) < 4.78 is 0. The zero-order valence-electron chi connectivity index (χ0n) is 7.07. The Morgan fingerprint density at radius 3 is 3.00 bits per heavy atom. The molecular weight excluding hydrogens is 164 g/mol. The van der Waals surface area contributed by atoms with Crippen LogP contribution in [0.3, 0.4) is 0 Å². The zero-order chi connectivity index (χ0) is 9.10. The van der Waals surface area contributed by atoms with Gasteiger partial charge in [-0.1, -0.05) is 18.2 Å². The van der Waals surface area contributed by atoms with E-state index < -0.39 is 0 Å². The molecule has 2 rings (SSSR count). The number of hydrogen-bond acceptors (Lipinski definition) is 3. The van der Waals surface area contributed by atoms with Crippen LogP contribution >= 0.6 is 0 Å². The van der Waals surface area contributed by atoms with Crippen LogP contribution in [0.4, 0.5) is 0 Å². The van der Waals surface area contributed by atoms with Gasteiger partial charge in [-0.3, -0.25) is 0 Å². The maximum atomic E-state index is 3.82. The molecule has 1 aromatic heterocycles. The van der Waals surface area contributed by atoms with E-state index in [1.54, 1.807) is 0 Å². The Kier molecular flexibility index (Phi) is 2.04. The Morgan fingerprint density at radius 1 is 1.38 bits per heavy atom. The van der Waals surface area contributed by atoms with Crippen molar-refractivity contribution in [3.63, 3.8) is 0 Å². The van der Waals surface area contributed by atoms with E-state index in [0.29, 0.717) is 5.82 Å². The quantitative estimate of drug-likeness (QED) is 0.743. The van der Waals surface area contributed by atoms with Crippen molar-refractivity contribution in [3.8, 4) is 11.4 Å². The van der Waals surface area contributed by atoms with Gasteiger partial charge >= 0.3 is 0 Å². The van der Waals surface area contributed by atoms with Crippen LogP contribution in [0.2, 0.25) is 0 Å². The highest BCUT2D eigenvalue weighted by Crippen LogP contribution is 2.14. The second kappa shape index (κ2) is 3.35. The molecule has 0 spiro atoms. The van der Waals surface area contributed by atoms with Gasteiger partial charge in [0, 0.05) is 5.56 Å². The third-order valence-electron chi connectivity index (χ3n) is 1.83. The second-order valence-corrected chi connectivity index (χ2v) is 2.70. The third-order valence-corrected chi connectivity index (χ3v) is 1.83. The third kappa shape index (κ3) is 1.56. The molecule has 2 aromatic rings. The van der Waals surface area contributed by atoms with Crippen LogP contribution in [0.25, 0.3) is 11.4 Å². The number of aromatic nitrogens is 4. The minimum Gasteiger partial charge on any atom is -0.239 e. The molecule has 1 aromatic carbocycles. The summed E-state index contributed by atoms with van der Waals surface area (Å²) in [6, 6.07) is 7.98. The van der Waals surface area contributed by atoms with E-state index in [1.807, 2.05) is 24.3 Å². The molecule has 0 saturated heterocycles. The number of rotatable bonds is 2. The molecule has 0 amide bonds. The van der Waals surface area contributed by atoms with Crippen molar-refractivity contribution in [2.45, 2.75) is 6.42 Å². The van der Waals surface area contributed by atoms with Gasteiger partial charge in [-0.2, -0.15) is 0 Å². The first kappa shape index (κ1) is 7.91. The van der Waals surface area contributed by atoms with Crippen molar-refractivity contribution in [2.75, 3.05) is 0 Å². The summed E-state index contributed by atoms with van der Waals surface area (Å²) in [7, 11) is 0. The van der Waals surface area contributed by atoms with Crippen LogP contribution in [0.15, 0.2) is 24.3 Å². The maximum Gasteiger partial charge on any atom is 0.179 e. The molecule has 1 heterocycles. The smallest absolute Gasteiger partial charge is 0.179 e. The van der Waals surface area contributed by atoms with E-state index >= 15 is 0 Å². The van der Waals surface area contributed by atoms with Crippen LogP contribution in [-0.2, 0) is 6.42 Å². The highest BCUT2D eigenvalue weighted by Gasteiger charge is 2.00. The molecule has 0 aliphatic carbocycles. The van der Waals surface area contributed by atoms with Crippen LogP contribution < -0.4 is 0 Å². The van der Waals surface area contributed by atoms with Gasteiger partial charge in [-0.15, -0.1) is 5.10 Å². The van der Waals surface area contributed by atoms with E-state index in [2.05, 4.69) is 27.5 Å². The number of H-pyrrole nitrogens is 1. The standard InChI is InChI=1S/C9H9N4/c1-2-7-4-3-5-8(6-7)9-10-12-13-11-9/h3-6H,1-2H2,(H,10,11,12,13). The monoisotopic (exact) mass is 173 g/mol. The molecule has 0 unspecified atom stereocenters. The van der Waals surface area contributed by atoms with Crippen molar-refractivity contribution in [3.05, 3.63) is 36.8 Å². The molecule has 65 valence electrons. The molecule has 4 nitrogen and oxygen atoms in total. The number of hydrogen-bond donors (Lipinski definition) is 1. The largest absolute Gasteiger partial charge is 0.239 e. The molecule has 0 bridgehead atoms. The maximum absolute atomic E-state index is 3.82. The van der Waals surface area contributed by atoms with Crippen LogP contribution in [0.5, 0.6) is 0 Å². The summed E-state index contributed by atoms with van der Waals surface area (Å²) in [5.41, 5.74) is 2.17. The Morgan fingerprint density at radius 2 is 2.31 bits per heavy atom. The minimum absolute atomic E-state index is 0.690. The highest BCUT2D eigenvalue weighted by molar-refractivity contribution is 5.54. The van der Waals surface area contributed by atoms with Gasteiger partial charge in [0.1, 0.15) is 0 Å². The summed E-state index contributed by atoms with van der Waals surface area (Å²) in [5.74, 6) is 0.690. The second-order valence-electron chi connectivity index (χ2n) is 2.70. The van der Waals surface area contributed by atoms with E-state index in [1.165, 1.54) is 5.56 Å². The Hall–Kier alpha value is -1.71. The van der Waals surface area contributed by atoms with E-state index in [-0.39, 0.29) is 0 Å². The van der Waals surface area contributed by atoms with Gasteiger partial charge < -0.3 is 0 Å². The average molecular weight is 173 g/mol. The lowest BCUT2D eigenvalue weighted by molar-refractivity contribution is 0.881. The lowest BCUT2D eigenvalue weighted by Gasteiger charge is -1.98. The van der Waals surface area contributed by atoms with Crippen molar-refractivity contribution in [1.29, 1.82) is 0 Å². The molecule has 0 atom stereocenters. The first-order valence-electron chi connectivity index (χ1n) is 4.02. The predicted octanol–water partition coefficient (Wildman–Crippen LogP) is 1.24. The lowest BCUT2D eigenvalue weighted by atomic mass is 10.1. The van der Waals surface area contributed by atoms with Crippen LogP contribution in [0.1, 0.15) is 5.56 Å². The topological polar surface area (TPSA) is 54.5 Å². The van der Waals surface area contributed by atoms with Crippen molar-refractivity contribution < 1.29 is 0 Å². The van der Waals surface area contributed by atoms with Gasteiger partial charge in [0.05, 0.1) is 0 Å². The highest BCUT2D eigenvalue weighted by atomic mass is 15.5. The van der Waals surface area contributed by atoms with Crippen LogP contribution in [0, 0.1) is 6.92 Å². The molecule has 0 saturated carbocycles. The lowest BCUT2D eigenvalue weighted by Crippen LogP contribution is -1.84. The first-order valence-corrected chi connectivity index (χ1v) is 4.02. The zero-order valence-corrected chi connectivity index (χ0v) is 7.07. The van der Waals surface area contributed by atoms with E-state index in [0.717, 1.165) is 12.0 Å². The number of tetrazole rings is 1. The summed E-state index contributed by atoms with van der Waals surface area (Å²) in [5, 5.41) is 13.6. The molecule has 1 radical (unpaired) electrons. The molecule has 13 heavy (non-hydrogen) atoms. The number of nitrogens with one attached hydrogen (secondary N) is 1. The number of nitrogens with zero attached hydrogens (tertiary/aromatic N) is 3. The van der Waals surface area contributed by atoms with Gasteiger partial charge in [0.2, 0.25) is 0 Å². The summed E-state index contributed by atoms with van der Waals surface area (Å²) in [6.07, 6.45) is 0.773. The Bertz CT molecular complexity index is 380. The Balaban J connectivity index is 2.41. The molecule has 4 heteroatoms. The van der Waals surface area contributed by atoms with Gasteiger partial charge in [0.25, 0.3) is 0 Å². The van der Waals surface area contributed by atoms with E-state index in [9.17, 15) is 0 Å². The SMILES string of the molecule is [CH2]Cc1cccc(-c2nnn[nH]2)c1. The van der Waals surface area contributed by atoms with Crippen molar-refractivity contribution >= 4 is 0 Å². The number of benzene rings is 1. The summed E-state index contributed by atoms with van der Waals surface area (Å²) in [6.45, 7) is 3.82. The molecular formula is C9H9N4. The van der Waals surface area contributed by atoms with E-state index in [4.69, 9.17) is 0 Å². The normalized spacial score (nSPS) is 10.2. The Labute approximate surface area is 76.0 Å². The fourth-order valence-electron chi connectivity index (χ4n) is 1.16. The van der Waals surface area contributed by atoms with Crippen LogP contribution in [-0.4, -0.2) is 20.6 Å². The first-order chi connectivity index (χ1) is 6.40. The molecule has 0 aliphatic rings. The van der Waals surface area contributed by atoms with Gasteiger partial charge in [-0.05, 0) is 35.4 Å². The average Bonchev–Trinajstić information content (AvgIpc) is 2.71. The molecule has 0 fully saturated rings. The van der Waals surface area contributed by atoms with Gasteiger partial charge in [0.15, 0.2) is 5.82 Å². The fraction of sp³-hybridized carbons (Fsp3) is 0.111. The predicted molar refractivity (Wildman–Crippen MR) is 48.7 cm³/mol. The minimum atomic E-state index is 0.690. The van der Waals surface area contributed by atoms with Crippen molar-refractivity contribution in [1.82, 2.24) is 20.6 Å². The fourth-order valence-corrected chi connectivity index (χ4v) is 1.16. The number of aromatic amines is 1. The molecule has 0 aliphatic heterocycles. The summed E-state index contributed by atoms with van der Waals surface area (Å²) >= 11 is 0. The summed E-state index contributed by atoms with van der Waals surface area (Å²) in [4.78, 5) is 0.